The minimum absolute atomic E-state index is 0.0604. The van der Waals surface area contributed by atoms with Crippen molar-refractivity contribution >= 4 is 10.0 Å². The highest BCUT2D eigenvalue weighted by Gasteiger charge is 2.40. The Morgan fingerprint density at radius 3 is 2.33 bits per heavy atom. The Balaban J connectivity index is 1.53. The second kappa shape index (κ2) is 9.76. The molecule has 0 radical (unpaired) electrons. The highest BCUT2D eigenvalue weighted by atomic mass is 32.2. The van der Waals surface area contributed by atoms with Gasteiger partial charge in [-0.3, -0.25) is 0 Å². The Kier molecular flexibility index (Phi) is 7.17. The number of alkyl halides is 3. The maximum Gasteiger partial charge on any atom is 0.416 e. The fourth-order valence-electron chi connectivity index (χ4n) is 5.23. The van der Waals surface area contributed by atoms with Gasteiger partial charge in [0.1, 0.15) is 0 Å². The summed E-state index contributed by atoms with van der Waals surface area (Å²) in [6, 6.07) is 13.7. The van der Waals surface area contributed by atoms with E-state index in [1.54, 1.807) is 6.07 Å². The molecule has 2 aromatic rings. The molecule has 0 spiro atoms. The Morgan fingerprint density at radius 2 is 1.70 bits per heavy atom. The third-order valence-electron chi connectivity index (χ3n) is 6.91. The van der Waals surface area contributed by atoms with Crippen molar-refractivity contribution < 1.29 is 21.6 Å². The molecule has 0 amide bonds. The van der Waals surface area contributed by atoms with Crippen LogP contribution < -0.4 is 10.0 Å². The molecule has 0 aliphatic heterocycles. The van der Waals surface area contributed by atoms with Gasteiger partial charge in [0, 0.05) is 6.54 Å². The van der Waals surface area contributed by atoms with Gasteiger partial charge in [0.15, 0.2) is 0 Å². The van der Waals surface area contributed by atoms with Gasteiger partial charge in [0.25, 0.3) is 0 Å². The Hall–Kier alpha value is -1.90. The van der Waals surface area contributed by atoms with Gasteiger partial charge in [-0.05, 0) is 85.7 Å². The summed E-state index contributed by atoms with van der Waals surface area (Å²) in [6.45, 7) is 1.07. The lowest BCUT2D eigenvalue weighted by Gasteiger charge is -2.26. The van der Waals surface area contributed by atoms with E-state index in [1.807, 2.05) is 19.2 Å². The van der Waals surface area contributed by atoms with Crippen LogP contribution in [0.2, 0.25) is 0 Å². The van der Waals surface area contributed by atoms with Crippen molar-refractivity contribution in [1.82, 2.24) is 10.0 Å². The van der Waals surface area contributed by atoms with E-state index in [-0.39, 0.29) is 23.5 Å². The molecule has 8 heteroatoms. The first-order valence-corrected chi connectivity index (χ1v) is 13.2. The lowest BCUT2D eigenvalue weighted by Crippen LogP contribution is -2.31. The van der Waals surface area contributed by atoms with Crippen LogP contribution in [0.15, 0.2) is 48.5 Å². The summed E-state index contributed by atoms with van der Waals surface area (Å²) in [5.74, 6) is 0.851. The standard InChI is InChI=1S/C25H31F3N2O2S/c1-29-15-24-22(11-12-30-33(31,32)16-17-9-10-17)20-7-2-3-8-21(20)23(24)14-18-5-4-6-19(13-18)25(26,27)28/h2-8,13,17,22-24,29-30H,9-12,14-16H2,1H3. The molecule has 1 fully saturated rings. The molecule has 2 aromatic carbocycles. The second-order valence-electron chi connectivity index (χ2n) is 9.37. The normalized spacial score (nSPS) is 23.0. The number of hydrogen-bond acceptors (Lipinski definition) is 3. The molecule has 0 bridgehead atoms. The Morgan fingerprint density at radius 1 is 1.00 bits per heavy atom. The lowest BCUT2D eigenvalue weighted by molar-refractivity contribution is -0.137. The third kappa shape index (κ3) is 5.97. The van der Waals surface area contributed by atoms with E-state index in [9.17, 15) is 21.6 Å². The maximum atomic E-state index is 13.2. The maximum absolute atomic E-state index is 13.2. The van der Waals surface area contributed by atoms with Crippen molar-refractivity contribution in [2.24, 2.45) is 11.8 Å². The summed E-state index contributed by atoms with van der Waals surface area (Å²) < 4.78 is 67.1. The summed E-state index contributed by atoms with van der Waals surface area (Å²) in [5.41, 5.74) is 2.37. The zero-order chi connectivity index (χ0) is 23.6. The summed E-state index contributed by atoms with van der Waals surface area (Å²) in [6.07, 6.45) is -1.23. The largest absolute Gasteiger partial charge is 0.416 e. The van der Waals surface area contributed by atoms with Crippen LogP contribution in [-0.4, -0.2) is 34.3 Å². The van der Waals surface area contributed by atoms with Crippen LogP contribution in [0.5, 0.6) is 0 Å². The van der Waals surface area contributed by atoms with Crippen LogP contribution in [0.1, 0.15) is 53.4 Å². The number of halogens is 3. The van der Waals surface area contributed by atoms with E-state index < -0.39 is 21.8 Å². The summed E-state index contributed by atoms with van der Waals surface area (Å²) in [5, 5.41) is 3.25. The predicted molar refractivity (Wildman–Crippen MR) is 124 cm³/mol. The molecule has 3 atom stereocenters. The molecule has 2 aliphatic rings. The van der Waals surface area contributed by atoms with Crippen molar-refractivity contribution in [3.8, 4) is 0 Å². The van der Waals surface area contributed by atoms with Gasteiger partial charge in [0.2, 0.25) is 10.0 Å². The van der Waals surface area contributed by atoms with Gasteiger partial charge in [-0.15, -0.1) is 0 Å². The van der Waals surface area contributed by atoms with Crippen LogP contribution in [0.4, 0.5) is 13.2 Å². The average molecular weight is 481 g/mol. The van der Waals surface area contributed by atoms with E-state index in [2.05, 4.69) is 22.2 Å². The zero-order valence-corrected chi connectivity index (χ0v) is 19.6. The van der Waals surface area contributed by atoms with Crippen LogP contribution in [0.3, 0.4) is 0 Å². The molecule has 4 nitrogen and oxygen atoms in total. The summed E-state index contributed by atoms with van der Waals surface area (Å²) in [7, 11) is -1.40. The number of fused-ring (bicyclic) bond motifs is 1. The van der Waals surface area contributed by atoms with Gasteiger partial charge in [0.05, 0.1) is 11.3 Å². The first-order chi connectivity index (χ1) is 15.7. The van der Waals surface area contributed by atoms with Gasteiger partial charge in [-0.1, -0.05) is 42.5 Å². The molecular weight excluding hydrogens is 449 g/mol. The molecule has 0 heterocycles. The van der Waals surface area contributed by atoms with Crippen LogP contribution in [-0.2, 0) is 22.6 Å². The molecule has 33 heavy (non-hydrogen) atoms. The molecule has 3 unspecified atom stereocenters. The van der Waals surface area contributed by atoms with Gasteiger partial charge in [-0.2, -0.15) is 13.2 Å². The molecule has 0 saturated heterocycles. The number of sulfonamides is 1. The third-order valence-corrected chi connectivity index (χ3v) is 8.46. The van der Waals surface area contributed by atoms with Crippen molar-refractivity contribution in [2.45, 2.75) is 43.7 Å². The quantitative estimate of drug-likeness (QED) is 0.519. The summed E-state index contributed by atoms with van der Waals surface area (Å²) in [4.78, 5) is 0. The number of benzene rings is 2. The predicted octanol–water partition coefficient (Wildman–Crippen LogP) is 4.68. The summed E-state index contributed by atoms with van der Waals surface area (Å²) >= 11 is 0. The molecular formula is C25H31F3N2O2S. The lowest BCUT2D eigenvalue weighted by atomic mass is 9.81. The van der Waals surface area contributed by atoms with Crippen molar-refractivity contribution in [1.29, 1.82) is 0 Å². The smallest absolute Gasteiger partial charge is 0.319 e. The average Bonchev–Trinajstić information content (AvgIpc) is 3.52. The van der Waals surface area contributed by atoms with Gasteiger partial charge in [-0.25, -0.2) is 13.1 Å². The van der Waals surface area contributed by atoms with E-state index in [4.69, 9.17) is 0 Å². The topological polar surface area (TPSA) is 58.2 Å². The van der Waals surface area contributed by atoms with E-state index in [0.717, 1.165) is 24.5 Å². The van der Waals surface area contributed by atoms with Crippen molar-refractivity contribution in [3.05, 3.63) is 70.8 Å². The monoisotopic (exact) mass is 480 g/mol. The molecule has 1 saturated carbocycles. The molecule has 2 N–H and O–H groups in total. The highest BCUT2D eigenvalue weighted by Crippen LogP contribution is 2.49. The minimum atomic E-state index is -4.37. The van der Waals surface area contributed by atoms with E-state index >= 15 is 0 Å². The highest BCUT2D eigenvalue weighted by molar-refractivity contribution is 7.89. The van der Waals surface area contributed by atoms with E-state index in [1.165, 1.54) is 17.7 Å². The number of nitrogens with one attached hydrogen (secondary N) is 2. The number of hydrogen-bond donors (Lipinski definition) is 2. The van der Waals surface area contributed by atoms with Crippen LogP contribution in [0.25, 0.3) is 0 Å². The minimum Gasteiger partial charge on any atom is -0.319 e. The number of rotatable bonds is 10. The molecule has 4 rings (SSSR count). The first-order valence-electron chi connectivity index (χ1n) is 11.5. The Bertz CT molecular complexity index is 1070. The first kappa shape index (κ1) is 24.2. The fraction of sp³-hybridized carbons (Fsp3) is 0.520. The van der Waals surface area contributed by atoms with E-state index in [0.29, 0.717) is 37.4 Å². The van der Waals surface area contributed by atoms with Crippen molar-refractivity contribution in [2.75, 3.05) is 25.9 Å². The van der Waals surface area contributed by atoms with Crippen LogP contribution >= 0.6 is 0 Å². The van der Waals surface area contributed by atoms with Crippen molar-refractivity contribution in [3.63, 3.8) is 0 Å². The zero-order valence-electron chi connectivity index (χ0n) is 18.7. The van der Waals surface area contributed by atoms with Gasteiger partial charge >= 0.3 is 6.18 Å². The van der Waals surface area contributed by atoms with Crippen LogP contribution in [0, 0.1) is 11.8 Å². The molecule has 180 valence electrons. The van der Waals surface area contributed by atoms with Gasteiger partial charge < -0.3 is 5.32 Å². The second-order valence-corrected chi connectivity index (χ2v) is 11.2. The molecule has 0 aromatic heterocycles. The molecule has 2 aliphatic carbocycles. The fourth-order valence-corrected chi connectivity index (χ4v) is 6.73. The SMILES string of the molecule is CNCC1C(CCNS(=O)(=O)CC2CC2)c2ccccc2C1Cc1cccc(C(F)(F)F)c1. The Labute approximate surface area is 194 Å².